The van der Waals surface area contributed by atoms with E-state index in [1.165, 1.54) is 39.5 Å². The molecule has 11 heteroatoms. The van der Waals surface area contributed by atoms with Gasteiger partial charge in [0.2, 0.25) is 17.5 Å². The minimum Gasteiger partial charge on any atom is -0.493 e. The lowest BCUT2D eigenvalue weighted by Gasteiger charge is -2.22. The maximum atomic E-state index is 13.4. The Morgan fingerprint density at radius 2 is 1.62 bits per heavy atom. The first-order valence-electron chi connectivity index (χ1n) is 12.1. The van der Waals surface area contributed by atoms with Gasteiger partial charge in [0, 0.05) is 42.8 Å². The average molecular weight is 533 g/mol. The second-order valence-electron chi connectivity index (χ2n) is 8.51. The predicted molar refractivity (Wildman–Crippen MR) is 142 cm³/mol. The number of hydrogen-bond acceptors (Lipinski definition) is 9. The van der Waals surface area contributed by atoms with E-state index in [-0.39, 0.29) is 30.1 Å². The summed E-state index contributed by atoms with van der Waals surface area (Å²) in [6.07, 6.45) is 0.898. The summed E-state index contributed by atoms with van der Waals surface area (Å²) in [7, 11) is 4.56. The molecule has 0 spiro atoms. The van der Waals surface area contributed by atoms with Crippen LogP contribution in [0.15, 0.2) is 71.3 Å². The van der Waals surface area contributed by atoms with Gasteiger partial charge in [0.25, 0.3) is 11.6 Å². The first kappa shape index (κ1) is 27.1. The molecule has 0 bridgehead atoms. The monoisotopic (exact) mass is 532 g/mol. The number of hydrogen-bond donors (Lipinski definition) is 0. The topological polar surface area (TPSA) is 130 Å². The fourth-order valence-electron chi connectivity index (χ4n) is 4.07. The molecule has 1 aromatic heterocycles. The zero-order valence-electron chi connectivity index (χ0n) is 21.8. The van der Waals surface area contributed by atoms with E-state index >= 15 is 0 Å². The van der Waals surface area contributed by atoms with Crippen molar-refractivity contribution >= 4 is 11.6 Å². The molecule has 1 heterocycles. The molecule has 0 saturated carbocycles. The van der Waals surface area contributed by atoms with E-state index in [4.69, 9.17) is 18.7 Å². The quantitative estimate of drug-likeness (QED) is 0.190. The molecular weight excluding hydrogens is 504 g/mol. The van der Waals surface area contributed by atoms with Crippen molar-refractivity contribution in [3.63, 3.8) is 0 Å². The van der Waals surface area contributed by atoms with Crippen LogP contribution in [-0.4, -0.2) is 60.3 Å². The molecule has 1 amide bonds. The highest BCUT2D eigenvalue weighted by Gasteiger charge is 2.21. The molecule has 0 aliphatic rings. The van der Waals surface area contributed by atoms with E-state index < -0.39 is 4.92 Å². The molecule has 0 aliphatic heterocycles. The maximum absolute atomic E-state index is 13.4. The Balaban J connectivity index is 1.54. The molecule has 0 radical (unpaired) electrons. The van der Waals surface area contributed by atoms with Gasteiger partial charge in [-0.15, -0.1) is 0 Å². The number of nitro groups is 1. The molecule has 11 nitrogen and oxygen atoms in total. The second kappa shape index (κ2) is 12.5. The first-order valence-corrected chi connectivity index (χ1v) is 12.1. The van der Waals surface area contributed by atoms with Gasteiger partial charge in [-0.3, -0.25) is 14.9 Å². The second-order valence-corrected chi connectivity index (χ2v) is 8.51. The minimum atomic E-state index is -0.520. The van der Waals surface area contributed by atoms with Gasteiger partial charge in [-0.05, 0) is 30.2 Å². The van der Waals surface area contributed by atoms with Crippen LogP contribution in [-0.2, 0) is 12.8 Å². The molecule has 4 aromatic rings. The molecule has 4 rings (SSSR count). The Morgan fingerprint density at radius 1 is 0.923 bits per heavy atom. The SMILES string of the molecule is COc1cc(-c2noc(CCN(CCc3ccccc3)C(=O)c3cccc([N+](=O)[O-])c3)n2)cc(OC)c1OC. The van der Waals surface area contributed by atoms with Gasteiger partial charge in [-0.1, -0.05) is 41.6 Å². The molecule has 3 aromatic carbocycles. The smallest absolute Gasteiger partial charge is 0.270 e. The Morgan fingerprint density at radius 3 is 2.26 bits per heavy atom. The number of aromatic nitrogens is 2. The number of methoxy groups -OCH3 is 3. The molecule has 0 atom stereocenters. The number of ether oxygens (including phenoxy) is 3. The fraction of sp³-hybridized carbons (Fsp3) is 0.250. The largest absolute Gasteiger partial charge is 0.493 e. The third kappa shape index (κ3) is 6.50. The van der Waals surface area contributed by atoms with E-state index in [1.54, 1.807) is 23.1 Å². The summed E-state index contributed by atoms with van der Waals surface area (Å²) in [4.78, 5) is 30.2. The van der Waals surface area contributed by atoms with Crippen LogP contribution in [0.3, 0.4) is 0 Å². The third-order valence-corrected chi connectivity index (χ3v) is 6.09. The maximum Gasteiger partial charge on any atom is 0.270 e. The van der Waals surface area contributed by atoms with Crippen molar-refractivity contribution in [3.05, 3.63) is 93.9 Å². The van der Waals surface area contributed by atoms with Gasteiger partial charge in [-0.25, -0.2) is 0 Å². The van der Waals surface area contributed by atoms with E-state index in [1.807, 2.05) is 30.3 Å². The van der Waals surface area contributed by atoms with Gasteiger partial charge < -0.3 is 23.6 Å². The molecule has 0 aliphatic carbocycles. The summed E-state index contributed by atoms with van der Waals surface area (Å²) in [5.74, 6) is 1.68. The van der Waals surface area contributed by atoms with Gasteiger partial charge in [0.15, 0.2) is 11.5 Å². The Labute approximate surface area is 225 Å². The summed E-state index contributed by atoms with van der Waals surface area (Å²) in [5.41, 5.74) is 1.77. The lowest BCUT2D eigenvalue weighted by Crippen LogP contribution is -2.34. The molecule has 0 unspecified atom stereocenters. The predicted octanol–water partition coefficient (Wildman–Crippen LogP) is 4.60. The van der Waals surface area contributed by atoms with Crippen molar-refractivity contribution in [2.45, 2.75) is 12.8 Å². The molecule has 0 saturated heterocycles. The summed E-state index contributed by atoms with van der Waals surface area (Å²) in [5, 5.41) is 15.3. The van der Waals surface area contributed by atoms with Crippen molar-refractivity contribution in [1.82, 2.24) is 15.0 Å². The van der Waals surface area contributed by atoms with Crippen molar-refractivity contribution in [1.29, 1.82) is 0 Å². The Kier molecular flexibility index (Phi) is 8.72. The Bertz CT molecular complexity index is 1410. The fourth-order valence-corrected chi connectivity index (χ4v) is 4.07. The van der Waals surface area contributed by atoms with E-state index in [9.17, 15) is 14.9 Å². The van der Waals surface area contributed by atoms with Crippen LogP contribution in [0.1, 0.15) is 21.8 Å². The summed E-state index contributed by atoms with van der Waals surface area (Å²) < 4.78 is 21.6. The van der Waals surface area contributed by atoms with E-state index in [0.29, 0.717) is 47.5 Å². The third-order valence-electron chi connectivity index (χ3n) is 6.09. The van der Waals surface area contributed by atoms with Crippen LogP contribution < -0.4 is 14.2 Å². The zero-order chi connectivity index (χ0) is 27.8. The van der Waals surface area contributed by atoms with Crippen molar-refractivity contribution in [2.75, 3.05) is 34.4 Å². The van der Waals surface area contributed by atoms with Crippen LogP contribution in [0.25, 0.3) is 11.4 Å². The van der Waals surface area contributed by atoms with Crippen molar-refractivity contribution in [3.8, 4) is 28.6 Å². The van der Waals surface area contributed by atoms with Gasteiger partial charge >= 0.3 is 0 Å². The van der Waals surface area contributed by atoms with Gasteiger partial charge in [-0.2, -0.15) is 4.98 Å². The number of amides is 1. The molecular formula is C28H28N4O7. The number of nitrogens with zero attached hydrogens (tertiary/aromatic N) is 4. The van der Waals surface area contributed by atoms with Gasteiger partial charge in [0.05, 0.1) is 26.3 Å². The lowest BCUT2D eigenvalue weighted by atomic mass is 10.1. The molecule has 0 N–H and O–H groups in total. The lowest BCUT2D eigenvalue weighted by molar-refractivity contribution is -0.384. The number of non-ortho nitro benzene ring substituents is 1. The zero-order valence-corrected chi connectivity index (χ0v) is 21.8. The van der Waals surface area contributed by atoms with E-state index in [0.717, 1.165) is 5.56 Å². The van der Waals surface area contributed by atoms with Crippen LogP contribution in [0.4, 0.5) is 5.69 Å². The highest BCUT2D eigenvalue weighted by Crippen LogP contribution is 2.40. The molecule has 202 valence electrons. The Hall–Kier alpha value is -4.93. The van der Waals surface area contributed by atoms with Gasteiger partial charge in [0.1, 0.15) is 0 Å². The molecule has 39 heavy (non-hydrogen) atoms. The number of rotatable bonds is 12. The minimum absolute atomic E-state index is 0.143. The van der Waals surface area contributed by atoms with Crippen LogP contribution in [0.5, 0.6) is 17.2 Å². The number of nitro benzene ring substituents is 1. The standard InChI is InChI=1S/C28H28N4O7/c1-36-23-17-21(18-24(37-2)26(23)38-3)27-29-25(39-30-27)13-15-31(14-12-19-8-5-4-6-9-19)28(33)20-10-7-11-22(16-20)32(34)35/h4-11,16-18H,12-15H2,1-3H3. The van der Waals surface area contributed by atoms with Crippen molar-refractivity contribution in [2.24, 2.45) is 0 Å². The van der Waals surface area contributed by atoms with Crippen molar-refractivity contribution < 1.29 is 28.5 Å². The highest BCUT2D eigenvalue weighted by atomic mass is 16.6. The number of carbonyl (C=O) groups excluding carboxylic acids is 1. The van der Waals surface area contributed by atoms with Crippen LogP contribution in [0, 0.1) is 10.1 Å². The highest BCUT2D eigenvalue weighted by molar-refractivity contribution is 5.94. The number of carbonyl (C=O) groups is 1. The summed E-state index contributed by atoms with van der Waals surface area (Å²) in [6, 6.07) is 18.9. The first-order chi connectivity index (χ1) is 18.9. The molecule has 0 fully saturated rings. The van der Waals surface area contributed by atoms with E-state index in [2.05, 4.69) is 10.1 Å². The number of benzene rings is 3. The average Bonchev–Trinajstić information content (AvgIpc) is 3.45. The summed E-state index contributed by atoms with van der Waals surface area (Å²) >= 11 is 0. The van der Waals surface area contributed by atoms with Crippen LogP contribution in [0.2, 0.25) is 0 Å². The van der Waals surface area contributed by atoms with Crippen LogP contribution >= 0.6 is 0 Å². The normalized spacial score (nSPS) is 10.6. The summed E-state index contributed by atoms with van der Waals surface area (Å²) in [6.45, 7) is 0.671.